The van der Waals surface area contributed by atoms with Gasteiger partial charge in [-0.1, -0.05) is 60.7 Å². The van der Waals surface area contributed by atoms with E-state index in [0.29, 0.717) is 11.3 Å². The molecular weight excluding hydrogens is 248 g/mol. The number of carbonyl (C=O) groups excluding carboxylic acids is 1. The molecule has 1 aliphatic rings. The maximum absolute atomic E-state index is 12.6. The minimum atomic E-state index is -0.809. The van der Waals surface area contributed by atoms with E-state index in [1.165, 1.54) is 0 Å². The Balaban J connectivity index is 2.20. The summed E-state index contributed by atoms with van der Waals surface area (Å²) in [7, 11) is 0. The molecule has 100 valence electrons. The average molecular weight is 264 g/mol. The number of carbonyl (C=O) groups is 1. The topological polar surface area (TPSA) is 26.3 Å². The van der Waals surface area contributed by atoms with Crippen molar-refractivity contribution in [3.63, 3.8) is 0 Å². The molecule has 0 bridgehead atoms. The van der Waals surface area contributed by atoms with E-state index in [1.807, 2.05) is 74.5 Å². The molecule has 0 amide bonds. The highest BCUT2D eigenvalue weighted by Gasteiger charge is 2.42. The molecule has 0 saturated heterocycles. The smallest absolute Gasteiger partial charge is 0.210 e. The fraction of sp³-hybridized carbons (Fsp3) is 0.167. The van der Waals surface area contributed by atoms with Gasteiger partial charge in [0.2, 0.25) is 5.78 Å². The lowest BCUT2D eigenvalue weighted by Crippen LogP contribution is -2.29. The van der Waals surface area contributed by atoms with Gasteiger partial charge >= 0.3 is 0 Å². The number of hydrogen-bond donors (Lipinski definition) is 0. The van der Waals surface area contributed by atoms with Crippen molar-refractivity contribution < 1.29 is 9.53 Å². The van der Waals surface area contributed by atoms with Crippen molar-refractivity contribution in [2.45, 2.75) is 19.4 Å². The van der Waals surface area contributed by atoms with Crippen LogP contribution in [0, 0.1) is 0 Å². The zero-order valence-electron chi connectivity index (χ0n) is 11.6. The first-order chi connectivity index (χ1) is 9.59. The van der Waals surface area contributed by atoms with Crippen LogP contribution < -0.4 is 0 Å². The molecule has 0 N–H and O–H groups in total. The SMILES string of the molecule is CC1(C)OC(c2ccccc2)=C(c2ccccc2)C1=O. The Kier molecular flexibility index (Phi) is 2.94. The maximum Gasteiger partial charge on any atom is 0.210 e. The number of ketones is 1. The molecule has 0 spiro atoms. The van der Waals surface area contributed by atoms with Gasteiger partial charge in [-0.15, -0.1) is 0 Å². The van der Waals surface area contributed by atoms with Gasteiger partial charge in [-0.25, -0.2) is 0 Å². The number of Topliss-reactive ketones (excluding diaryl/α,β-unsaturated/α-hetero) is 1. The lowest BCUT2D eigenvalue weighted by molar-refractivity contribution is -0.125. The van der Waals surface area contributed by atoms with E-state index in [0.717, 1.165) is 11.1 Å². The molecule has 20 heavy (non-hydrogen) atoms. The third kappa shape index (κ3) is 2.03. The second-order valence-corrected chi connectivity index (χ2v) is 5.38. The van der Waals surface area contributed by atoms with Crippen LogP contribution in [0.3, 0.4) is 0 Å². The summed E-state index contributed by atoms with van der Waals surface area (Å²) in [6, 6.07) is 19.5. The Hall–Kier alpha value is -2.35. The van der Waals surface area contributed by atoms with Crippen molar-refractivity contribution in [1.29, 1.82) is 0 Å². The quantitative estimate of drug-likeness (QED) is 0.821. The number of ether oxygens (including phenoxy) is 1. The monoisotopic (exact) mass is 264 g/mol. The summed E-state index contributed by atoms with van der Waals surface area (Å²) in [5, 5.41) is 0. The van der Waals surface area contributed by atoms with Crippen molar-refractivity contribution in [3.8, 4) is 0 Å². The van der Waals surface area contributed by atoms with Crippen LogP contribution in [-0.2, 0) is 9.53 Å². The summed E-state index contributed by atoms with van der Waals surface area (Å²) in [5.74, 6) is 0.703. The minimum absolute atomic E-state index is 0.0301. The van der Waals surface area contributed by atoms with Gasteiger partial charge in [0.25, 0.3) is 0 Å². The molecule has 3 rings (SSSR count). The predicted molar refractivity (Wildman–Crippen MR) is 79.9 cm³/mol. The molecular formula is C18H16O2. The summed E-state index contributed by atoms with van der Waals surface area (Å²) < 4.78 is 5.94. The van der Waals surface area contributed by atoms with Crippen molar-refractivity contribution in [2.75, 3.05) is 0 Å². The Labute approximate surface area is 118 Å². The summed E-state index contributed by atoms with van der Waals surface area (Å²) in [6.07, 6.45) is 0. The zero-order chi connectivity index (χ0) is 14.2. The van der Waals surface area contributed by atoms with E-state index >= 15 is 0 Å². The first kappa shape index (κ1) is 12.7. The molecule has 2 aromatic carbocycles. The summed E-state index contributed by atoms with van der Waals surface area (Å²) >= 11 is 0. The van der Waals surface area contributed by atoms with Crippen LogP contribution in [0.1, 0.15) is 25.0 Å². The standard InChI is InChI=1S/C18H16O2/c1-18(2)17(19)15(13-9-5-3-6-10-13)16(20-18)14-11-7-4-8-12-14/h3-12H,1-2H3. The first-order valence-electron chi connectivity index (χ1n) is 6.68. The van der Waals surface area contributed by atoms with Crippen LogP contribution in [0.4, 0.5) is 0 Å². The molecule has 0 aromatic heterocycles. The molecule has 2 aromatic rings. The van der Waals surface area contributed by atoms with E-state index in [-0.39, 0.29) is 5.78 Å². The molecule has 1 aliphatic heterocycles. The molecule has 2 nitrogen and oxygen atoms in total. The molecule has 0 unspecified atom stereocenters. The van der Waals surface area contributed by atoms with E-state index < -0.39 is 5.60 Å². The van der Waals surface area contributed by atoms with Crippen molar-refractivity contribution in [1.82, 2.24) is 0 Å². The fourth-order valence-electron chi connectivity index (χ4n) is 2.42. The Morgan fingerprint density at radius 3 is 1.85 bits per heavy atom. The zero-order valence-corrected chi connectivity index (χ0v) is 11.6. The van der Waals surface area contributed by atoms with Crippen LogP contribution in [0.2, 0.25) is 0 Å². The summed E-state index contributed by atoms with van der Waals surface area (Å²) in [6.45, 7) is 3.63. The maximum atomic E-state index is 12.6. The minimum Gasteiger partial charge on any atom is -0.478 e. The van der Waals surface area contributed by atoms with Crippen LogP contribution >= 0.6 is 0 Å². The number of benzene rings is 2. The normalized spacial score (nSPS) is 17.2. The third-order valence-corrected chi connectivity index (χ3v) is 3.46. The molecule has 0 atom stereocenters. The van der Waals surface area contributed by atoms with Crippen LogP contribution in [0.5, 0.6) is 0 Å². The van der Waals surface area contributed by atoms with Gasteiger partial charge in [0.15, 0.2) is 5.60 Å². The van der Waals surface area contributed by atoms with Gasteiger partial charge in [-0.05, 0) is 19.4 Å². The van der Waals surface area contributed by atoms with Crippen molar-refractivity contribution >= 4 is 17.1 Å². The average Bonchev–Trinajstić information content (AvgIpc) is 2.72. The van der Waals surface area contributed by atoms with Gasteiger partial charge in [0.05, 0.1) is 5.57 Å². The second-order valence-electron chi connectivity index (χ2n) is 5.38. The lowest BCUT2D eigenvalue weighted by atomic mass is 9.93. The van der Waals surface area contributed by atoms with Crippen molar-refractivity contribution in [2.24, 2.45) is 0 Å². The summed E-state index contributed by atoms with van der Waals surface area (Å²) in [5.41, 5.74) is 1.70. The van der Waals surface area contributed by atoms with E-state index in [1.54, 1.807) is 0 Å². The predicted octanol–water partition coefficient (Wildman–Crippen LogP) is 3.93. The third-order valence-electron chi connectivity index (χ3n) is 3.46. The molecule has 0 radical (unpaired) electrons. The Bertz CT molecular complexity index is 667. The highest BCUT2D eigenvalue weighted by Crippen LogP contribution is 2.40. The van der Waals surface area contributed by atoms with Crippen molar-refractivity contribution in [3.05, 3.63) is 71.8 Å². The van der Waals surface area contributed by atoms with Gasteiger partial charge in [0, 0.05) is 5.56 Å². The van der Waals surface area contributed by atoms with Gasteiger partial charge in [-0.3, -0.25) is 4.79 Å². The number of hydrogen-bond acceptors (Lipinski definition) is 2. The van der Waals surface area contributed by atoms with Gasteiger partial charge in [-0.2, -0.15) is 0 Å². The molecule has 2 heteroatoms. The van der Waals surface area contributed by atoms with Gasteiger partial charge < -0.3 is 4.74 Å². The van der Waals surface area contributed by atoms with E-state index in [4.69, 9.17) is 4.74 Å². The molecule has 0 fully saturated rings. The van der Waals surface area contributed by atoms with E-state index in [2.05, 4.69) is 0 Å². The number of rotatable bonds is 2. The van der Waals surface area contributed by atoms with Crippen LogP contribution in [0.25, 0.3) is 11.3 Å². The van der Waals surface area contributed by atoms with Gasteiger partial charge in [0.1, 0.15) is 5.76 Å². The highest BCUT2D eigenvalue weighted by atomic mass is 16.5. The molecule has 1 heterocycles. The summed E-state index contributed by atoms with van der Waals surface area (Å²) in [4.78, 5) is 12.6. The second kappa shape index (κ2) is 4.64. The molecule has 0 aliphatic carbocycles. The fourth-order valence-corrected chi connectivity index (χ4v) is 2.42. The van der Waals surface area contributed by atoms with Crippen LogP contribution in [-0.4, -0.2) is 11.4 Å². The molecule has 0 saturated carbocycles. The largest absolute Gasteiger partial charge is 0.478 e. The lowest BCUT2D eigenvalue weighted by Gasteiger charge is -2.17. The Morgan fingerprint density at radius 1 is 0.800 bits per heavy atom. The Morgan fingerprint density at radius 2 is 1.30 bits per heavy atom. The van der Waals surface area contributed by atoms with Crippen LogP contribution in [0.15, 0.2) is 60.7 Å². The highest BCUT2D eigenvalue weighted by molar-refractivity contribution is 6.32. The van der Waals surface area contributed by atoms with E-state index in [9.17, 15) is 4.79 Å². The first-order valence-corrected chi connectivity index (χ1v) is 6.68.